The van der Waals surface area contributed by atoms with Crippen molar-refractivity contribution in [2.24, 2.45) is 23.0 Å². The Morgan fingerprint density at radius 1 is 1.14 bits per heavy atom. The van der Waals surface area contributed by atoms with Gasteiger partial charge in [-0.15, -0.1) is 0 Å². The molecule has 0 aromatic heterocycles. The Hall–Kier alpha value is -0.120. The van der Waals surface area contributed by atoms with Crippen molar-refractivity contribution in [3.8, 4) is 0 Å². The summed E-state index contributed by atoms with van der Waals surface area (Å²) in [5.74, 6) is 1.46. The van der Waals surface area contributed by atoms with Crippen LogP contribution in [0.15, 0.2) is 0 Å². The molecular formula is C18H39N3. The predicted octanol–water partition coefficient (Wildman–Crippen LogP) is 3.05. The number of nitrogens with zero attached hydrogens (tertiary/aromatic N) is 2. The van der Waals surface area contributed by atoms with Crippen LogP contribution >= 0.6 is 0 Å². The average Bonchev–Trinajstić information content (AvgIpc) is 2.31. The Morgan fingerprint density at radius 2 is 1.76 bits per heavy atom. The van der Waals surface area contributed by atoms with Crippen LogP contribution in [0.25, 0.3) is 0 Å². The Kier molecular flexibility index (Phi) is 6.70. The molecule has 1 saturated carbocycles. The quantitative estimate of drug-likeness (QED) is 0.784. The standard InChI is InChI=1S/C18H39N3/c1-15(2)12-21(9-8-20(6)7)18(14-19)11-16(3)10-17(4,5)13-18/h15-16H,8-14,19H2,1-7H3. The fourth-order valence-corrected chi connectivity index (χ4v) is 4.51. The summed E-state index contributed by atoms with van der Waals surface area (Å²) in [6, 6.07) is 0. The average molecular weight is 298 g/mol. The number of hydrogen-bond donors (Lipinski definition) is 1. The lowest BCUT2D eigenvalue weighted by Gasteiger charge is -2.53. The Bertz CT molecular complexity index is 312. The monoisotopic (exact) mass is 297 g/mol. The first-order valence-electron chi connectivity index (χ1n) is 8.70. The molecule has 0 bridgehead atoms. The third-order valence-corrected chi connectivity index (χ3v) is 4.89. The van der Waals surface area contributed by atoms with Crippen LogP contribution < -0.4 is 5.73 Å². The summed E-state index contributed by atoms with van der Waals surface area (Å²) in [7, 11) is 4.33. The molecule has 1 aliphatic rings. The minimum absolute atomic E-state index is 0.196. The third kappa shape index (κ3) is 5.54. The van der Waals surface area contributed by atoms with E-state index >= 15 is 0 Å². The number of nitrogens with two attached hydrogens (primary N) is 1. The predicted molar refractivity (Wildman–Crippen MR) is 93.5 cm³/mol. The number of likely N-dealkylation sites (N-methyl/N-ethyl adjacent to an activating group) is 1. The summed E-state index contributed by atoms with van der Waals surface area (Å²) in [6.45, 7) is 16.1. The SMILES string of the molecule is CC(C)CN(CCN(C)C)C1(CN)CC(C)CC(C)(C)C1. The van der Waals surface area contributed by atoms with Crippen molar-refractivity contribution in [1.29, 1.82) is 0 Å². The molecule has 0 aromatic carbocycles. The zero-order chi connectivity index (χ0) is 16.3. The lowest BCUT2D eigenvalue weighted by Crippen LogP contribution is -2.60. The Labute approximate surface area is 133 Å². The molecule has 3 nitrogen and oxygen atoms in total. The molecule has 0 spiro atoms. The molecule has 0 radical (unpaired) electrons. The fraction of sp³-hybridized carbons (Fsp3) is 1.00. The molecule has 0 aromatic rings. The second kappa shape index (κ2) is 7.43. The highest BCUT2D eigenvalue weighted by atomic mass is 15.2. The van der Waals surface area contributed by atoms with Gasteiger partial charge in [0.25, 0.3) is 0 Å². The first-order chi connectivity index (χ1) is 9.60. The van der Waals surface area contributed by atoms with Crippen molar-refractivity contribution >= 4 is 0 Å². The van der Waals surface area contributed by atoms with Crippen LogP contribution in [-0.4, -0.2) is 55.6 Å². The van der Waals surface area contributed by atoms with Crippen molar-refractivity contribution in [2.75, 3.05) is 40.3 Å². The molecule has 126 valence electrons. The molecule has 0 heterocycles. The largest absolute Gasteiger partial charge is 0.329 e. The van der Waals surface area contributed by atoms with E-state index in [1.54, 1.807) is 0 Å². The van der Waals surface area contributed by atoms with Gasteiger partial charge in [-0.05, 0) is 50.6 Å². The maximum Gasteiger partial charge on any atom is 0.0340 e. The zero-order valence-electron chi connectivity index (χ0n) is 15.6. The minimum Gasteiger partial charge on any atom is -0.329 e. The molecule has 2 N–H and O–H groups in total. The summed E-state index contributed by atoms with van der Waals surface area (Å²) >= 11 is 0. The van der Waals surface area contributed by atoms with E-state index in [4.69, 9.17) is 5.73 Å². The van der Waals surface area contributed by atoms with Crippen molar-refractivity contribution in [1.82, 2.24) is 9.80 Å². The smallest absolute Gasteiger partial charge is 0.0340 e. The van der Waals surface area contributed by atoms with E-state index in [0.29, 0.717) is 11.3 Å². The molecule has 1 rings (SSSR count). The zero-order valence-corrected chi connectivity index (χ0v) is 15.6. The summed E-state index contributed by atoms with van der Waals surface area (Å²) in [6.07, 6.45) is 3.83. The van der Waals surface area contributed by atoms with Gasteiger partial charge >= 0.3 is 0 Å². The van der Waals surface area contributed by atoms with Gasteiger partial charge in [-0.25, -0.2) is 0 Å². The molecule has 1 aliphatic carbocycles. The molecule has 0 saturated heterocycles. The van der Waals surface area contributed by atoms with Crippen molar-refractivity contribution < 1.29 is 0 Å². The topological polar surface area (TPSA) is 32.5 Å². The molecule has 0 aliphatic heterocycles. The lowest BCUT2D eigenvalue weighted by atomic mass is 9.63. The molecular weight excluding hydrogens is 258 g/mol. The van der Waals surface area contributed by atoms with E-state index in [0.717, 1.165) is 32.1 Å². The molecule has 2 unspecified atom stereocenters. The normalized spacial score (nSPS) is 29.6. The van der Waals surface area contributed by atoms with Crippen molar-refractivity contribution in [2.45, 2.75) is 59.4 Å². The van der Waals surface area contributed by atoms with Crippen LogP contribution in [0.4, 0.5) is 0 Å². The molecule has 1 fully saturated rings. The molecule has 21 heavy (non-hydrogen) atoms. The van der Waals surface area contributed by atoms with E-state index < -0.39 is 0 Å². The minimum atomic E-state index is 0.196. The van der Waals surface area contributed by atoms with Gasteiger partial charge in [-0.2, -0.15) is 0 Å². The fourth-order valence-electron chi connectivity index (χ4n) is 4.51. The van der Waals surface area contributed by atoms with E-state index in [9.17, 15) is 0 Å². The van der Waals surface area contributed by atoms with Gasteiger partial charge in [0.05, 0.1) is 0 Å². The Balaban J connectivity index is 2.97. The van der Waals surface area contributed by atoms with Crippen LogP contribution in [0, 0.1) is 17.3 Å². The van der Waals surface area contributed by atoms with Crippen LogP contribution in [-0.2, 0) is 0 Å². The van der Waals surface area contributed by atoms with Crippen LogP contribution in [0.1, 0.15) is 53.9 Å². The van der Waals surface area contributed by atoms with Crippen LogP contribution in [0.3, 0.4) is 0 Å². The second-order valence-corrected chi connectivity index (χ2v) is 8.93. The highest BCUT2D eigenvalue weighted by Gasteiger charge is 2.45. The maximum absolute atomic E-state index is 6.35. The molecule has 2 atom stereocenters. The summed E-state index contributed by atoms with van der Waals surface area (Å²) in [4.78, 5) is 5.00. The first kappa shape index (κ1) is 18.9. The van der Waals surface area contributed by atoms with E-state index in [-0.39, 0.29) is 5.54 Å². The first-order valence-corrected chi connectivity index (χ1v) is 8.70. The van der Waals surface area contributed by atoms with Crippen LogP contribution in [0.2, 0.25) is 0 Å². The molecule has 3 heteroatoms. The van der Waals surface area contributed by atoms with E-state index in [1.807, 2.05) is 0 Å². The Morgan fingerprint density at radius 3 is 2.19 bits per heavy atom. The van der Waals surface area contributed by atoms with Gasteiger partial charge in [-0.1, -0.05) is 34.6 Å². The highest BCUT2D eigenvalue weighted by Crippen LogP contribution is 2.46. The van der Waals surface area contributed by atoms with Gasteiger partial charge in [0, 0.05) is 31.7 Å². The van der Waals surface area contributed by atoms with Crippen molar-refractivity contribution in [3.05, 3.63) is 0 Å². The van der Waals surface area contributed by atoms with Crippen molar-refractivity contribution in [3.63, 3.8) is 0 Å². The van der Waals surface area contributed by atoms with E-state index in [1.165, 1.54) is 19.3 Å². The van der Waals surface area contributed by atoms with Gasteiger partial charge in [0.1, 0.15) is 0 Å². The van der Waals surface area contributed by atoms with Crippen LogP contribution in [0.5, 0.6) is 0 Å². The summed E-state index contributed by atoms with van der Waals surface area (Å²) < 4.78 is 0. The summed E-state index contributed by atoms with van der Waals surface area (Å²) in [5, 5.41) is 0. The number of rotatable bonds is 7. The maximum atomic E-state index is 6.35. The number of hydrogen-bond acceptors (Lipinski definition) is 3. The lowest BCUT2D eigenvalue weighted by molar-refractivity contribution is -0.0201. The third-order valence-electron chi connectivity index (χ3n) is 4.89. The van der Waals surface area contributed by atoms with E-state index in [2.05, 4.69) is 58.5 Å². The molecule has 0 amide bonds. The highest BCUT2D eigenvalue weighted by molar-refractivity contribution is 5.01. The van der Waals surface area contributed by atoms with Gasteiger partial charge in [0.15, 0.2) is 0 Å². The van der Waals surface area contributed by atoms with Gasteiger partial charge in [0.2, 0.25) is 0 Å². The van der Waals surface area contributed by atoms with Gasteiger partial charge < -0.3 is 10.6 Å². The summed E-state index contributed by atoms with van der Waals surface area (Å²) in [5.41, 5.74) is 6.95. The second-order valence-electron chi connectivity index (χ2n) is 8.93. The van der Waals surface area contributed by atoms with Gasteiger partial charge in [-0.3, -0.25) is 4.90 Å².